The first kappa shape index (κ1) is 17.1. The van der Waals surface area contributed by atoms with Crippen LogP contribution in [0, 0.1) is 12.8 Å². The molecule has 0 bridgehead atoms. The standard InChI is InChI=1S/C21H20BrN3O2/c1-13-6-8-14(9-7-13)18-17-19(24-11-3-10-23(18)24)21(27)25(20(17)26)16-5-2-4-15(22)12-16/h2,4-9,12,17-19H,3,10-11H2,1H3/t17-,18-,19-/m1/s1. The Morgan fingerprint density at radius 2 is 1.63 bits per heavy atom. The van der Waals surface area contributed by atoms with E-state index in [0.29, 0.717) is 5.69 Å². The highest BCUT2D eigenvalue weighted by Crippen LogP contribution is 2.49. The van der Waals surface area contributed by atoms with Crippen molar-refractivity contribution in [2.75, 3.05) is 18.0 Å². The quantitative estimate of drug-likeness (QED) is 0.692. The Kier molecular flexibility index (Phi) is 3.96. The van der Waals surface area contributed by atoms with Crippen LogP contribution in [0.5, 0.6) is 0 Å². The van der Waals surface area contributed by atoms with E-state index in [-0.39, 0.29) is 23.8 Å². The molecule has 0 N–H and O–H groups in total. The van der Waals surface area contributed by atoms with Crippen LogP contribution in [0.3, 0.4) is 0 Å². The molecular weight excluding hydrogens is 406 g/mol. The lowest BCUT2D eigenvalue weighted by molar-refractivity contribution is -0.126. The summed E-state index contributed by atoms with van der Waals surface area (Å²) in [6.45, 7) is 3.78. The highest BCUT2D eigenvalue weighted by molar-refractivity contribution is 9.10. The van der Waals surface area contributed by atoms with Gasteiger partial charge < -0.3 is 0 Å². The fourth-order valence-electron chi connectivity index (χ4n) is 4.75. The Bertz CT molecular complexity index is 929. The molecule has 0 radical (unpaired) electrons. The molecule has 5 nitrogen and oxygen atoms in total. The van der Waals surface area contributed by atoms with Gasteiger partial charge in [-0.25, -0.2) is 14.9 Å². The average molecular weight is 426 g/mol. The summed E-state index contributed by atoms with van der Waals surface area (Å²) < 4.78 is 0.857. The number of carbonyl (C=O) groups excluding carboxylic acids is 2. The number of fused-ring (bicyclic) bond motifs is 3. The first-order valence-corrected chi connectivity index (χ1v) is 10.1. The van der Waals surface area contributed by atoms with E-state index in [1.807, 2.05) is 24.3 Å². The normalized spacial score (nSPS) is 28.1. The van der Waals surface area contributed by atoms with Crippen LogP contribution >= 0.6 is 15.9 Å². The van der Waals surface area contributed by atoms with Gasteiger partial charge in [0.15, 0.2) is 0 Å². The second kappa shape index (κ2) is 6.26. The lowest BCUT2D eigenvalue weighted by Gasteiger charge is -2.29. The molecule has 138 valence electrons. The summed E-state index contributed by atoms with van der Waals surface area (Å²) in [6.07, 6.45) is 1.02. The fraction of sp³-hybridized carbons (Fsp3) is 0.333. The fourth-order valence-corrected chi connectivity index (χ4v) is 5.13. The molecule has 3 saturated heterocycles. The Morgan fingerprint density at radius 1 is 0.926 bits per heavy atom. The molecule has 3 heterocycles. The van der Waals surface area contributed by atoms with Gasteiger partial charge in [0.25, 0.3) is 5.91 Å². The number of benzene rings is 2. The molecule has 2 aromatic carbocycles. The zero-order valence-corrected chi connectivity index (χ0v) is 16.6. The topological polar surface area (TPSA) is 43.9 Å². The molecule has 6 heteroatoms. The van der Waals surface area contributed by atoms with E-state index in [2.05, 4.69) is 57.1 Å². The highest BCUT2D eigenvalue weighted by atomic mass is 79.9. The third-order valence-electron chi connectivity index (χ3n) is 5.89. The number of halogens is 1. The van der Waals surface area contributed by atoms with Crippen molar-refractivity contribution in [2.45, 2.75) is 25.4 Å². The van der Waals surface area contributed by atoms with Crippen LogP contribution in [0.25, 0.3) is 0 Å². The number of nitrogens with zero attached hydrogens (tertiary/aromatic N) is 3. The minimum Gasteiger partial charge on any atom is -0.274 e. The third kappa shape index (κ3) is 2.51. The molecule has 0 aromatic heterocycles. The Labute approximate surface area is 166 Å². The molecule has 3 fully saturated rings. The van der Waals surface area contributed by atoms with Crippen LogP contribution in [0.15, 0.2) is 53.0 Å². The van der Waals surface area contributed by atoms with E-state index >= 15 is 0 Å². The number of aryl methyl sites for hydroxylation is 1. The first-order chi connectivity index (χ1) is 13.1. The van der Waals surface area contributed by atoms with Gasteiger partial charge in [-0.2, -0.15) is 0 Å². The molecule has 0 spiro atoms. The van der Waals surface area contributed by atoms with Crippen molar-refractivity contribution in [2.24, 2.45) is 5.92 Å². The van der Waals surface area contributed by atoms with E-state index in [9.17, 15) is 9.59 Å². The minimum absolute atomic E-state index is 0.0771. The summed E-state index contributed by atoms with van der Waals surface area (Å²) in [5, 5.41) is 4.38. The van der Waals surface area contributed by atoms with Crippen molar-refractivity contribution in [3.63, 3.8) is 0 Å². The number of amides is 2. The number of hydrogen-bond acceptors (Lipinski definition) is 4. The predicted molar refractivity (Wildman–Crippen MR) is 106 cm³/mol. The molecule has 2 aromatic rings. The summed E-state index contributed by atoms with van der Waals surface area (Å²) in [7, 11) is 0. The number of carbonyl (C=O) groups is 2. The van der Waals surface area contributed by atoms with Crippen LogP contribution in [-0.2, 0) is 9.59 Å². The van der Waals surface area contributed by atoms with Crippen molar-refractivity contribution in [3.8, 4) is 0 Å². The van der Waals surface area contributed by atoms with Crippen molar-refractivity contribution < 1.29 is 9.59 Å². The van der Waals surface area contributed by atoms with E-state index < -0.39 is 6.04 Å². The molecule has 2 amide bonds. The Morgan fingerprint density at radius 3 is 2.33 bits per heavy atom. The number of imide groups is 1. The van der Waals surface area contributed by atoms with E-state index in [4.69, 9.17) is 0 Å². The van der Waals surface area contributed by atoms with Crippen molar-refractivity contribution in [3.05, 3.63) is 64.1 Å². The van der Waals surface area contributed by atoms with Gasteiger partial charge in [0.05, 0.1) is 17.6 Å². The van der Waals surface area contributed by atoms with Gasteiger partial charge in [-0.3, -0.25) is 9.59 Å². The van der Waals surface area contributed by atoms with Crippen LogP contribution < -0.4 is 4.90 Å². The highest BCUT2D eigenvalue weighted by Gasteiger charge is 2.62. The van der Waals surface area contributed by atoms with Gasteiger partial charge in [-0.1, -0.05) is 51.8 Å². The summed E-state index contributed by atoms with van der Waals surface area (Å²) in [5.41, 5.74) is 2.94. The Hall–Kier alpha value is -2.02. The molecule has 3 aliphatic rings. The maximum atomic E-state index is 13.4. The molecule has 3 aliphatic heterocycles. The maximum absolute atomic E-state index is 13.4. The van der Waals surface area contributed by atoms with Gasteiger partial charge in [0.1, 0.15) is 6.04 Å². The number of hydrazine groups is 1. The SMILES string of the molecule is Cc1ccc([C@@H]2[C@H]3C(=O)N(c4cccc(Br)c4)C(=O)[C@@H]3N3CCCN23)cc1. The molecule has 5 rings (SSSR count). The summed E-state index contributed by atoms with van der Waals surface area (Å²) >= 11 is 3.44. The lowest BCUT2D eigenvalue weighted by atomic mass is 9.89. The van der Waals surface area contributed by atoms with Crippen LogP contribution in [0.2, 0.25) is 0 Å². The maximum Gasteiger partial charge on any atom is 0.253 e. The molecule has 0 aliphatic carbocycles. The van der Waals surface area contributed by atoms with E-state index in [1.54, 1.807) is 0 Å². The Balaban J connectivity index is 1.59. The summed E-state index contributed by atoms with van der Waals surface area (Å²) in [6, 6.07) is 15.3. The van der Waals surface area contributed by atoms with Gasteiger partial charge in [0.2, 0.25) is 5.91 Å². The number of anilines is 1. The van der Waals surface area contributed by atoms with Crippen molar-refractivity contribution in [1.29, 1.82) is 0 Å². The number of hydrogen-bond donors (Lipinski definition) is 0. The molecular formula is C21H20BrN3O2. The van der Waals surface area contributed by atoms with Gasteiger partial charge in [-0.15, -0.1) is 0 Å². The average Bonchev–Trinajstić information content (AvgIpc) is 3.28. The lowest BCUT2D eigenvalue weighted by Crippen LogP contribution is -2.44. The molecule has 0 unspecified atom stereocenters. The van der Waals surface area contributed by atoms with Crippen molar-refractivity contribution in [1.82, 2.24) is 10.0 Å². The van der Waals surface area contributed by atoms with Crippen molar-refractivity contribution >= 4 is 33.4 Å². The van der Waals surface area contributed by atoms with Gasteiger partial charge in [-0.05, 0) is 37.1 Å². The molecule has 27 heavy (non-hydrogen) atoms. The van der Waals surface area contributed by atoms with Gasteiger partial charge >= 0.3 is 0 Å². The summed E-state index contributed by atoms with van der Waals surface area (Å²) in [4.78, 5) is 28.1. The monoisotopic (exact) mass is 425 g/mol. The van der Waals surface area contributed by atoms with E-state index in [1.165, 1.54) is 10.5 Å². The molecule has 3 atom stereocenters. The zero-order valence-electron chi connectivity index (χ0n) is 15.0. The van der Waals surface area contributed by atoms with Gasteiger partial charge in [0, 0.05) is 17.6 Å². The largest absolute Gasteiger partial charge is 0.274 e. The predicted octanol–water partition coefficient (Wildman–Crippen LogP) is 3.29. The van der Waals surface area contributed by atoms with Crippen LogP contribution in [-0.4, -0.2) is 41.0 Å². The minimum atomic E-state index is -0.398. The zero-order chi connectivity index (χ0) is 18.7. The van der Waals surface area contributed by atoms with Crippen LogP contribution in [0.1, 0.15) is 23.6 Å². The van der Waals surface area contributed by atoms with E-state index in [0.717, 1.165) is 29.5 Å². The first-order valence-electron chi connectivity index (χ1n) is 9.29. The van der Waals surface area contributed by atoms with Crippen LogP contribution in [0.4, 0.5) is 5.69 Å². The number of rotatable bonds is 2. The second-order valence-electron chi connectivity index (χ2n) is 7.50. The summed E-state index contributed by atoms with van der Waals surface area (Å²) in [5.74, 6) is -0.563. The smallest absolute Gasteiger partial charge is 0.253 e. The third-order valence-corrected chi connectivity index (χ3v) is 6.38. The second-order valence-corrected chi connectivity index (χ2v) is 8.41. The molecule has 0 saturated carbocycles.